The molecule has 1 aromatic carbocycles. The van der Waals surface area contributed by atoms with E-state index in [-0.39, 0.29) is 0 Å². The van der Waals surface area contributed by atoms with Crippen molar-refractivity contribution in [1.29, 1.82) is 0 Å². The molecule has 102 valence electrons. The molecule has 0 aliphatic rings. The Morgan fingerprint density at radius 1 is 1.16 bits per heavy atom. The van der Waals surface area contributed by atoms with Gasteiger partial charge in [0.15, 0.2) is 0 Å². The Hall–Kier alpha value is -1.32. The van der Waals surface area contributed by atoms with Crippen LogP contribution in [0.2, 0.25) is 0 Å². The summed E-state index contributed by atoms with van der Waals surface area (Å²) in [5.41, 5.74) is 1.32. The van der Waals surface area contributed by atoms with Gasteiger partial charge in [0.2, 0.25) is 0 Å². The highest BCUT2D eigenvalue weighted by molar-refractivity contribution is 7.11. The van der Waals surface area contributed by atoms with Gasteiger partial charge in [0.05, 0.1) is 0 Å². The molecular formula is C16H21NOS. The second-order valence-electron chi connectivity index (χ2n) is 4.91. The van der Waals surface area contributed by atoms with Gasteiger partial charge in [-0.3, -0.25) is 0 Å². The minimum absolute atomic E-state index is 0.535. The van der Waals surface area contributed by atoms with Crippen molar-refractivity contribution in [3.8, 4) is 5.75 Å². The minimum atomic E-state index is 0.535. The van der Waals surface area contributed by atoms with Gasteiger partial charge < -0.3 is 10.1 Å². The van der Waals surface area contributed by atoms with Crippen molar-refractivity contribution in [2.45, 2.75) is 32.9 Å². The first-order valence-electron chi connectivity index (χ1n) is 6.64. The molecule has 2 nitrogen and oxygen atoms in total. The summed E-state index contributed by atoms with van der Waals surface area (Å²) < 4.78 is 5.86. The molecular weight excluding hydrogens is 254 g/mol. The average molecular weight is 275 g/mol. The van der Waals surface area contributed by atoms with Crippen LogP contribution in [-0.4, -0.2) is 7.05 Å². The van der Waals surface area contributed by atoms with E-state index in [0.717, 1.165) is 12.3 Å². The summed E-state index contributed by atoms with van der Waals surface area (Å²) in [6.07, 6.45) is 0. The van der Waals surface area contributed by atoms with Crippen molar-refractivity contribution in [2.24, 2.45) is 0 Å². The molecule has 0 aliphatic heterocycles. The fourth-order valence-electron chi connectivity index (χ4n) is 1.89. The van der Waals surface area contributed by atoms with E-state index in [9.17, 15) is 0 Å². The summed E-state index contributed by atoms with van der Waals surface area (Å²) in [5.74, 6) is 1.49. The predicted octanol–water partition coefficient (Wildman–Crippen LogP) is 4.17. The maximum atomic E-state index is 5.86. The van der Waals surface area contributed by atoms with E-state index in [1.807, 2.05) is 13.1 Å². The quantitative estimate of drug-likeness (QED) is 0.854. The molecule has 0 bridgehead atoms. The summed E-state index contributed by atoms with van der Waals surface area (Å²) in [6, 6.07) is 12.7. The second kappa shape index (κ2) is 6.73. The highest BCUT2D eigenvalue weighted by Crippen LogP contribution is 2.22. The van der Waals surface area contributed by atoms with Crippen LogP contribution in [0.1, 0.15) is 35.1 Å². The summed E-state index contributed by atoms with van der Waals surface area (Å²) in [7, 11) is 1.97. The number of ether oxygens (including phenoxy) is 1. The predicted molar refractivity (Wildman–Crippen MR) is 81.9 cm³/mol. The highest BCUT2D eigenvalue weighted by Gasteiger charge is 2.03. The smallest absolute Gasteiger partial charge is 0.122 e. The van der Waals surface area contributed by atoms with Crippen molar-refractivity contribution in [1.82, 2.24) is 5.32 Å². The molecule has 0 aliphatic carbocycles. The Balaban J connectivity index is 1.95. The molecule has 1 heterocycles. The largest absolute Gasteiger partial charge is 0.488 e. The summed E-state index contributed by atoms with van der Waals surface area (Å²) in [6.45, 7) is 5.97. The topological polar surface area (TPSA) is 21.3 Å². The molecule has 2 rings (SSSR count). The normalized spacial score (nSPS) is 10.9. The van der Waals surface area contributed by atoms with Gasteiger partial charge in [0, 0.05) is 16.3 Å². The molecule has 0 saturated heterocycles. The van der Waals surface area contributed by atoms with Crippen LogP contribution in [0.15, 0.2) is 36.4 Å². The molecule has 0 spiro atoms. The van der Waals surface area contributed by atoms with E-state index in [1.165, 1.54) is 15.3 Å². The Kier molecular flexibility index (Phi) is 5.00. The Morgan fingerprint density at radius 2 is 1.95 bits per heavy atom. The van der Waals surface area contributed by atoms with Crippen LogP contribution in [0.5, 0.6) is 5.75 Å². The highest BCUT2D eigenvalue weighted by atomic mass is 32.1. The average Bonchev–Trinajstić information content (AvgIpc) is 2.85. The molecule has 0 amide bonds. The number of hydrogen-bond donors (Lipinski definition) is 1. The number of thiophene rings is 1. The number of hydrogen-bond acceptors (Lipinski definition) is 3. The first kappa shape index (κ1) is 14.1. The van der Waals surface area contributed by atoms with Crippen LogP contribution in [-0.2, 0) is 13.2 Å². The lowest BCUT2D eigenvalue weighted by Gasteiger charge is -2.09. The van der Waals surface area contributed by atoms with Gasteiger partial charge in [-0.05, 0) is 42.8 Å². The third-order valence-electron chi connectivity index (χ3n) is 2.97. The third-order valence-corrected chi connectivity index (χ3v) is 4.03. The molecule has 3 heteroatoms. The van der Waals surface area contributed by atoms with Gasteiger partial charge in [-0.2, -0.15) is 0 Å². The Bertz CT molecular complexity index is 519. The zero-order valence-corrected chi connectivity index (χ0v) is 12.6. The van der Waals surface area contributed by atoms with Crippen molar-refractivity contribution in [3.63, 3.8) is 0 Å². The monoisotopic (exact) mass is 275 g/mol. The summed E-state index contributed by atoms with van der Waals surface area (Å²) in [4.78, 5) is 2.61. The van der Waals surface area contributed by atoms with Gasteiger partial charge in [-0.15, -0.1) is 11.3 Å². The van der Waals surface area contributed by atoms with Crippen LogP contribution >= 0.6 is 11.3 Å². The second-order valence-corrected chi connectivity index (χ2v) is 6.17. The summed E-state index contributed by atoms with van der Waals surface area (Å²) in [5, 5.41) is 3.16. The number of nitrogens with one attached hydrogen (secondary N) is 1. The fraction of sp³-hybridized carbons (Fsp3) is 0.375. The van der Waals surface area contributed by atoms with Gasteiger partial charge in [0.25, 0.3) is 0 Å². The molecule has 0 fully saturated rings. The lowest BCUT2D eigenvalue weighted by Crippen LogP contribution is -2.02. The molecule has 1 aromatic heterocycles. The Labute approximate surface area is 119 Å². The molecule has 0 radical (unpaired) electrons. The molecule has 2 aromatic rings. The van der Waals surface area contributed by atoms with Crippen molar-refractivity contribution >= 4 is 11.3 Å². The van der Waals surface area contributed by atoms with Crippen LogP contribution in [0.3, 0.4) is 0 Å². The van der Waals surface area contributed by atoms with E-state index in [2.05, 4.69) is 49.5 Å². The maximum absolute atomic E-state index is 5.86. The Morgan fingerprint density at radius 3 is 2.68 bits per heavy atom. The third kappa shape index (κ3) is 4.08. The fourth-order valence-corrected chi connectivity index (χ4v) is 2.83. The zero-order valence-electron chi connectivity index (χ0n) is 11.8. The van der Waals surface area contributed by atoms with Crippen molar-refractivity contribution < 1.29 is 4.74 Å². The van der Waals surface area contributed by atoms with Crippen LogP contribution in [0.4, 0.5) is 0 Å². The van der Waals surface area contributed by atoms with Gasteiger partial charge >= 0.3 is 0 Å². The van der Waals surface area contributed by atoms with Gasteiger partial charge in [-0.25, -0.2) is 0 Å². The number of benzene rings is 1. The van der Waals surface area contributed by atoms with Crippen LogP contribution in [0, 0.1) is 0 Å². The zero-order chi connectivity index (χ0) is 13.7. The van der Waals surface area contributed by atoms with E-state index in [0.29, 0.717) is 12.5 Å². The molecule has 19 heavy (non-hydrogen) atoms. The van der Waals surface area contributed by atoms with Crippen LogP contribution < -0.4 is 10.1 Å². The summed E-state index contributed by atoms with van der Waals surface area (Å²) >= 11 is 1.80. The van der Waals surface area contributed by atoms with Crippen LogP contribution in [0.25, 0.3) is 0 Å². The van der Waals surface area contributed by atoms with Crippen molar-refractivity contribution in [2.75, 3.05) is 7.05 Å². The molecule has 1 N–H and O–H groups in total. The first-order valence-corrected chi connectivity index (χ1v) is 7.45. The van der Waals surface area contributed by atoms with E-state index in [1.54, 1.807) is 11.3 Å². The van der Waals surface area contributed by atoms with Crippen molar-refractivity contribution in [3.05, 3.63) is 51.7 Å². The van der Waals surface area contributed by atoms with Gasteiger partial charge in [0.1, 0.15) is 12.4 Å². The number of rotatable bonds is 6. The minimum Gasteiger partial charge on any atom is -0.488 e. The molecule has 0 unspecified atom stereocenters. The van der Waals surface area contributed by atoms with E-state index in [4.69, 9.17) is 4.74 Å². The standard InChI is InChI=1S/C16H21NOS/c1-12(2)13-5-4-6-14(9-13)18-11-16-8-7-15(19-16)10-17-3/h4-9,12,17H,10-11H2,1-3H3. The molecule has 0 saturated carbocycles. The lowest BCUT2D eigenvalue weighted by molar-refractivity contribution is 0.309. The van der Waals surface area contributed by atoms with E-state index < -0.39 is 0 Å². The molecule has 0 atom stereocenters. The van der Waals surface area contributed by atoms with E-state index >= 15 is 0 Å². The maximum Gasteiger partial charge on any atom is 0.122 e. The SMILES string of the molecule is CNCc1ccc(COc2cccc(C(C)C)c2)s1. The lowest BCUT2D eigenvalue weighted by atomic mass is 10.0. The first-order chi connectivity index (χ1) is 9.19. The van der Waals surface area contributed by atoms with Gasteiger partial charge in [-0.1, -0.05) is 26.0 Å².